The Kier molecular flexibility index (Phi) is 10.6. The van der Waals surface area contributed by atoms with E-state index in [0.29, 0.717) is 13.1 Å². The summed E-state index contributed by atoms with van der Waals surface area (Å²) in [7, 11) is 0. The van der Waals surface area contributed by atoms with Gasteiger partial charge in [0.25, 0.3) is 0 Å². The van der Waals surface area contributed by atoms with Gasteiger partial charge in [-0.2, -0.15) is 0 Å². The highest BCUT2D eigenvalue weighted by molar-refractivity contribution is 5.90. The van der Waals surface area contributed by atoms with Crippen molar-refractivity contribution in [2.45, 2.75) is 65.7 Å². The predicted molar refractivity (Wildman–Crippen MR) is 91.4 cm³/mol. The van der Waals surface area contributed by atoms with E-state index >= 15 is 0 Å². The summed E-state index contributed by atoms with van der Waals surface area (Å²) in [6, 6.07) is -0.547. The maximum Gasteiger partial charge on any atom is 0.217 e. The van der Waals surface area contributed by atoms with E-state index in [1.807, 2.05) is 27.7 Å². The number of nitrogens with one attached hydrogen (secondary N) is 4. The Morgan fingerprint density at radius 3 is 1.65 bits per heavy atom. The zero-order valence-electron chi connectivity index (χ0n) is 15.2. The van der Waals surface area contributed by atoms with Gasteiger partial charge in [-0.1, -0.05) is 27.7 Å². The summed E-state index contributed by atoms with van der Waals surface area (Å²) in [5.74, 6) is -0.426. The molecule has 134 valence electrons. The van der Waals surface area contributed by atoms with Crippen molar-refractivity contribution in [3.05, 3.63) is 0 Å². The molecule has 0 heterocycles. The molecule has 23 heavy (non-hydrogen) atoms. The lowest BCUT2D eigenvalue weighted by Gasteiger charge is -2.22. The third-order valence-corrected chi connectivity index (χ3v) is 3.24. The Morgan fingerprint density at radius 2 is 1.26 bits per heavy atom. The fourth-order valence-electron chi connectivity index (χ4n) is 1.90. The molecule has 1 amide bonds. The Balaban J connectivity index is 4.56. The number of hydrogen-bond acceptors (Lipinski definition) is 6. The van der Waals surface area contributed by atoms with E-state index in [1.54, 1.807) is 0 Å². The van der Waals surface area contributed by atoms with Gasteiger partial charge < -0.3 is 16.0 Å². The van der Waals surface area contributed by atoms with Crippen LogP contribution in [0, 0.1) is 0 Å². The molecule has 0 aromatic heterocycles. The molecule has 2 unspecified atom stereocenters. The number of Topliss-reactive ketones (excluding diaryl/α,β-unsaturated/α-hetero) is 2. The lowest BCUT2D eigenvalue weighted by Crippen LogP contribution is -2.53. The van der Waals surface area contributed by atoms with Gasteiger partial charge >= 0.3 is 0 Å². The first-order valence-electron chi connectivity index (χ1n) is 8.13. The van der Waals surface area contributed by atoms with Gasteiger partial charge in [0.1, 0.15) is 11.8 Å². The SMILES string of the molecule is CC(=O)NC(CNC(C)C)C(=O)CNC(CNC(C)C)C(C)=O. The van der Waals surface area contributed by atoms with Crippen LogP contribution in [0.1, 0.15) is 41.5 Å². The smallest absolute Gasteiger partial charge is 0.217 e. The fraction of sp³-hybridized carbons (Fsp3) is 0.812. The molecule has 0 aromatic carbocycles. The van der Waals surface area contributed by atoms with Crippen LogP contribution in [-0.4, -0.2) is 61.3 Å². The normalized spacial score (nSPS) is 13.9. The number of rotatable bonds is 12. The summed E-state index contributed by atoms with van der Waals surface area (Å²) in [6.07, 6.45) is 0. The maximum atomic E-state index is 12.3. The highest BCUT2D eigenvalue weighted by Crippen LogP contribution is 1.91. The van der Waals surface area contributed by atoms with Crippen LogP contribution in [0.15, 0.2) is 0 Å². The molecular formula is C16H32N4O3. The molecule has 0 aliphatic rings. The van der Waals surface area contributed by atoms with Crippen LogP contribution in [0.2, 0.25) is 0 Å². The van der Waals surface area contributed by atoms with Crippen molar-refractivity contribution < 1.29 is 14.4 Å². The van der Waals surface area contributed by atoms with Gasteiger partial charge in [0.05, 0.1) is 12.6 Å². The van der Waals surface area contributed by atoms with Crippen LogP contribution in [0.5, 0.6) is 0 Å². The number of carbonyl (C=O) groups is 3. The minimum absolute atomic E-state index is 0.0256. The molecule has 0 aliphatic heterocycles. The second kappa shape index (κ2) is 11.3. The lowest BCUT2D eigenvalue weighted by atomic mass is 10.1. The van der Waals surface area contributed by atoms with Crippen molar-refractivity contribution in [2.24, 2.45) is 0 Å². The van der Waals surface area contributed by atoms with Crippen molar-refractivity contribution >= 4 is 17.5 Å². The van der Waals surface area contributed by atoms with Gasteiger partial charge in [-0.25, -0.2) is 0 Å². The first-order chi connectivity index (χ1) is 10.6. The van der Waals surface area contributed by atoms with Gasteiger partial charge in [0, 0.05) is 32.1 Å². The Morgan fingerprint density at radius 1 is 0.783 bits per heavy atom. The fourth-order valence-corrected chi connectivity index (χ4v) is 1.90. The van der Waals surface area contributed by atoms with Gasteiger partial charge in [-0.3, -0.25) is 19.7 Å². The average molecular weight is 328 g/mol. The van der Waals surface area contributed by atoms with Gasteiger partial charge in [-0.15, -0.1) is 0 Å². The Labute approximate surface area is 139 Å². The van der Waals surface area contributed by atoms with E-state index in [4.69, 9.17) is 0 Å². The van der Waals surface area contributed by atoms with Crippen LogP contribution in [0.3, 0.4) is 0 Å². The molecule has 0 rings (SSSR count). The van der Waals surface area contributed by atoms with E-state index in [9.17, 15) is 14.4 Å². The second-order valence-electron chi connectivity index (χ2n) is 6.39. The quantitative estimate of drug-likeness (QED) is 0.389. The van der Waals surface area contributed by atoms with E-state index in [2.05, 4.69) is 21.3 Å². The molecule has 0 aromatic rings. The first-order valence-corrected chi connectivity index (χ1v) is 8.13. The third-order valence-electron chi connectivity index (χ3n) is 3.24. The highest BCUT2D eigenvalue weighted by Gasteiger charge is 2.21. The summed E-state index contributed by atoms with van der Waals surface area (Å²) in [4.78, 5) is 35.2. The molecule has 2 atom stereocenters. The number of hydrogen-bond donors (Lipinski definition) is 4. The minimum atomic E-state index is -0.604. The van der Waals surface area contributed by atoms with Crippen LogP contribution in [0.4, 0.5) is 0 Å². The summed E-state index contributed by atoms with van der Waals surface area (Å²) in [6.45, 7) is 11.7. The van der Waals surface area contributed by atoms with Crippen molar-refractivity contribution in [3.8, 4) is 0 Å². The van der Waals surface area contributed by atoms with Gasteiger partial charge in [0.15, 0.2) is 5.78 Å². The summed E-state index contributed by atoms with van der Waals surface area (Å²) < 4.78 is 0. The van der Waals surface area contributed by atoms with Crippen molar-refractivity contribution in [3.63, 3.8) is 0 Å². The summed E-state index contributed by atoms with van der Waals surface area (Å²) >= 11 is 0. The number of carbonyl (C=O) groups excluding carboxylic acids is 3. The van der Waals surface area contributed by atoms with E-state index in [1.165, 1.54) is 13.8 Å². The molecule has 0 fully saturated rings. The highest BCUT2D eigenvalue weighted by atomic mass is 16.2. The second-order valence-corrected chi connectivity index (χ2v) is 6.39. The average Bonchev–Trinajstić information content (AvgIpc) is 2.41. The monoisotopic (exact) mass is 328 g/mol. The van der Waals surface area contributed by atoms with Gasteiger partial charge in [0.2, 0.25) is 5.91 Å². The van der Waals surface area contributed by atoms with Crippen molar-refractivity contribution in [1.29, 1.82) is 0 Å². The predicted octanol–water partition coefficient (Wildman–Crippen LogP) is -0.397. The zero-order valence-corrected chi connectivity index (χ0v) is 15.2. The molecule has 7 heteroatoms. The summed E-state index contributed by atoms with van der Waals surface area (Å²) in [5, 5.41) is 11.9. The molecule has 0 bridgehead atoms. The van der Waals surface area contributed by atoms with Crippen LogP contribution in [-0.2, 0) is 14.4 Å². The lowest BCUT2D eigenvalue weighted by molar-refractivity contribution is -0.126. The Hall–Kier alpha value is -1.31. The Bertz CT molecular complexity index is 397. The van der Waals surface area contributed by atoms with E-state index in [0.717, 1.165) is 0 Å². The molecule has 4 N–H and O–H groups in total. The molecule has 0 spiro atoms. The van der Waals surface area contributed by atoms with Crippen LogP contribution >= 0.6 is 0 Å². The molecule has 0 saturated heterocycles. The van der Waals surface area contributed by atoms with Crippen LogP contribution < -0.4 is 21.3 Å². The largest absolute Gasteiger partial charge is 0.345 e. The van der Waals surface area contributed by atoms with Gasteiger partial charge in [-0.05, 0) is 6.92 Å². The number of ketones is 2. The number of amides is 1. The van der Waals surface area contributed by atoms with E-state index < -0.39 is 12.1 Å². The third kappa shape index (κ3) is 11.0. The van der Waals surface area contributed by atoms with Crippen molar-refractivity contribution in [2.75, 3.05) is 19.6 Å². The van der Waals surface area contributed by atoms with E-state index in [-0.39, 0.29) is 36.1 Å². The maximum absolute atomic E-state index is 12.3. The molecule has 0 saturated carbocycles. The molecule has 0 aliphatic carbocycles. The minimum Gasteiger partial charge on any atom is -0.345 e. The van der Waals surface area contributed by atoms with Crippen molar-refractivity contribution in [1.82, 2.24) is 21.3 Å². The topological polar surface area (TPSA) is 99.3 Å². The molecule has 7 nitrogen and oxygen atoms in total. The van der Waals surface area contributed by atoms with Crippen LogP contribution in [0.25, 0.3) is 0 Å². The molecule has 0 radical (unpaired) electrons. The summed E-state index contributed by atoms with van der Waals surface area (Å²) in [5.41, 5.74) is 0. The first kappa shape index (κ1) is 21.7. The zero-order chi connectivity index (χ0) is 18.0. The molecular weight excluding hydrogens is 296 g/mol. The standard InChI is InChI=1S/C16H32N4O3/c1-10(2)17-7-14(12(5)21)19-9-16(23)15(20-13(6)22)8-18-11(3)4/h10-11,14-15,17-19H,7-9H2,1-6H3,(H,20,22).